The molecule has 11 aromatic carbocycles. The zero-order chi connectivity index (χ0) is 48.7. The van der Waals surface area contributed by atoms with Crippen LogP contribution < -0.4 is 0 Å². The number of benzene rings is 11. The molecule has 346 valence electrons. The summed E-state index contributed by atoms with van der Waals surface area (Å²) >= 11 is 0. The van der Waals surface area contributed by atoms with Crippen LogP contribution in [0.2, 0.25) is 0 Å². The lowest BCUT2D eigenvalue weighted by Crippen LogP contribution is -2.26. The topological polar surface area (TPSA) is 0 Å². The zero-order valence-electron chi connectivity index (χ0n) is 41.1. The van der Waals surface area contributed by atoms with E-state index in [2.05, 4.69) is 299 Å². The van der Waals surface area contributed by atoms with Crippen molar-refractivity contribution in [3.63, 3.8) is 0 Å². The van der Waals surface area contributed by atoms with Crippen molar-refractivity contribution in [2.75, 3.05) is 0 Å². The Labute approximate surface area is 426 Å². The fraction of sp³-hybridized carbons (Fsp3) is 0.0833. The third-order valence-corrected chi connectivity index (χ3v) is 14.8. The molecule has 12 rings (SSSR count). The quantitative estimate of drug-likeness (QED) is 0.120. The van der Waals surface area contributed by atoms with Gasteiger partial charge < -0.3 is 0 Å². The van der Waals surface area contributed by atoms with E-state index in [0.717, 1.165) is 12.8 Å². The molecule has 0 radical (unpaired) electrons. The van der Waals surface area contributed by atoms with Crippen molar-refractivity contribution >= 4 is 16.8 Å². The van der Waals surface area contributed by atoms with Crippen molar-refractivity contribution in [2.24, 2.45) is 0 Å². The highest BCUT2D eigenvalue weighted by atomic mass is 14.4. The molecule has 0 bridgehead atoms. The first kappa shape index (κ1) is 45.8. The summed E-state index contributed by atoms with van der Waals surface area (Å²) in [5, 5.41) is 2.50. The smallest absolute Gasteiger partial charge is 0.0429 e. The number of hydrogen-bond donors (Lipinski definition) is 0. The van der Waals surface area contributed by atoms with E-state index in [0.29, 0.717) is 5.92 Å². The lowest BCUT2D eigenvalue weighted by atomic mass is 9.68. The molecule has 0 saturated heterocycles. The van der Waals surface area contributed by atoms with Gasteiger partial charge >= 0.3 is 0 Å². The van der Waals surface area contributed by atoms with Crippen LogP contribution in [-0.4, -0.2) is 0 Å². The van der Waals surface area contributed by atoms with Crippen LogP contribution in [0.4, 0.5) is 0 Å². The highest BCUT2D eigenvalue weighted by molar-refractivity contribution is 6.01. The summed E-state index contributed by atoms with van der Waals surface area (Å²) in [7, 11) is 0. The molecular formula is C72H58. The Morgan fingerprint density at radius 1 is 0.403 bits per heavy atom. The highest BCUT2D eigenvalue weighted by Crippen LogP contribution is 2.47. The van der Waals surface area contributed by atoms with Crippen molar-refractivity contribution in [1.82, 2.24) is 0 Å². The number of rotatable bonds is 10. The number of fused-ring (bicyclic) bond motifs is 2. The fourth-order valence-electron chi connectivity index (χ4n) is 10.9. The van der Waals surface area contributed by atoms with Crippen LogP contribution >= 0.6 is 0 Å². The van der Waals surface area contributed by atoms with E-state index in [1.54, 1.807) is 0 Å². The second-order valence-corrected chi connectivity index (χ2v) is 19.4. The van der Waals surface area contributed by atoms with Gasteiger partial charge in [-0.15, -0.1) is 0 Å². The first-order valence-corrected chi connectivity index (χ1v) is 25.4. The van der Waals surface area contributed by atoms with Crippen LogP contribution in [-0.2, 0) is 11.8 Å². The maximum absolute atomic E-state index is 2.44. The maximum Gasteiger partial charge on any atom is 0.0429 e. The van der Waals surface area contributed by atoms with Crippen LogP contribution in [0.25, 0.3) is 61.4 Å². The molecule has 0 aromatic heterocycles. The van der Waals surface area contributed by atoms with Crippen molar-refractivity contribution in [3.05, 3.63) is 329 Å². The van der Waals surface area contributed by atoms with E-state index in [4.69, 9.17) is 0 Å². The highest BCUT2D eigenvalue weighted by Gasteiger charge is 2.34. The molecule has 1 aliphatic rings. The fourth-order valence-corrected chi connectivity index (χ4v) is 10.9. The van der Waals surface area contributed by atoms with Gasteiger partial charge in [-0.25, -0.2) is 0 Å². The Kier molecular flexibility index (Phi) is 13.2. The summed E-state index contributed by atoms with van der Waals surface area (Å²) in [6.45, 7) is 4.53. The predicted molar refractivity (Wildman–Crippen MR) is 306 cm³/mol. The van der Waals surface area contributed by atoms with Gasteiger partial charge in [0.15, 0.2) is 0 Å². The van der Waals surface area contributed by atoms with Gasteiger partial charge in [-0.05, 0) is 126 Å². The molecule has 0 nitrogen and oxygen atoms in total. The lowest BCUT2D eigenvalue weighted by Gasteiger charge is -2.34. The number of hydrogen-bond acceptors (Lipinski definition) is 0. The SMILES string of the molecule is CC(c1ccccc1)(c1ccc(-c2ccccc2)cc1)c1ccccc1-c1ccc(Cc2ccc(-c3ccccc3)cc2)cc1-c1cccc2ccccc12.Cc1ccc(C2CC=Cc3ccccc32)cc1. The van der Waals surface area contributed by atoms with Gasteiger partial charge in [0.05, 0.1) is 0 Å². The van der Waals surface area contributed by atoms with Crippen LogP contribution in [0.15, 0.2) is 279 Å². The molecule has 11 aromatic rings. The van der Waals surface area contributed by atoms with E-state index >= 15 is 0 Å². The van der Waals surface area contributed by atoms with Gasteiger partial charge in [-0.1, -0.05) is 291 Å². The largest absolute Gasteiger partial charge is 0.0830 e. The maximum atomic E-state index is 2.44. The molecule has 2 atom stereocenters. The van der Waals surface area contributed by atoms with Gasteiger partial charge in [0.2, 0.25) is 0 Å². The monoisotopic (exact) mass is 922 g/mol. The summed E-state index contributed by atoms with van der Waals surface area (Å²) in [5.41, 5.74) is 21.4. The van der Waals surface area contributed by atoms with Gasteiger partial charge in [0.1, 0.15) is 0 Å². The molecule has 0 N–H and O–H groups in total. The number of aryl methyl sites for hydroxylation is 1. The van der Waals surface area contributed by atoms with Crippen LogP contribution in [0, 0.1) is 6.92 Å². The lowest BCUT2D eigenvalue weighted by molar-refractivity contribution is 0.694. The third kappa shape index (κ3) is 9.53. The van der Waals surface area contributed by atoms with Gasteiger partial charge in [0.25, 0.3) is 0 Å². The standard InChI is InChI=1S/C55H42.C17H16/c1-55(47-22-9-4-10-23-47,48-35-33-45(34-36-48)43-18-7-3-8-19-43)54-27-14-13-25-52(54)51-37-30-41(38-40-28-31-44(32-29-40)42-16-5-2-6-17-42)39-53(51)50-26-15-21-46-20-11-12-24-49(46)50;1-13-9-11-15(12-10-13)17-8-4-6-14-5-2-3-7-16(14)17/h2-37,39H,38H2,1H3;2-7,9-12,17H,8H2,1H3. The Bertz CT molecular complexity index is 3600. The van der Waals surface area contributed by atoms with Gasteiger partial charge in [-0.2, -0.15) is 0 Å². The van der Waals surface area contributed by atoms with Crippen molar-refractivity contribution in [3.8, 4) is 44.5 Å². The predicted octanol–water partition coefficient (Wildman–Crippen LogP) is 19.0. The first-order chi connectivity index (χ1) is 35.5. The molecule has 0 amide bonds. The summed E-state index contributed by atoms with van der Waals surface area (Å²) < 4.78 is 0. The second-order valence-electron chi connectivity index (χ2n) is 19.4. The summed E-state index contributed by atoms with van der Waals surface area (Å²) in [6.07, 6.45) is 6.48. The molecule has 1 aliphatic carbocycles. The zero-order valence-corrected chi connectivity index (χ0v) is 41.1. The average Bonchev–Trinajstić information content (AvgIpc) is 3.46. The Hall–Kier alpha value is -8.58. The normalized spacial score (nSPS) is 13.6. The minimum absolute atomic E-state index is 0.428. The molecule has 0 heteroatoms. The minimum Gasteiger partial charge on any atom is -0.0830 e. The Balaban J connectivity index is 0.000000277. The molecule has 2 unspecified atom stereocenters. The van der Waals surface area contributed by atoms with Crippen molar-refractivity contribution in [2.45, 2.75) is 38.0 Å². The van der Waals surface area contributed by atoms with E-state index in [-0.39, 0.29) is 0 Å². The summed E-state index contributed by atoms with van der Waals surface area (Å²) in [4.78, 5) is 0. The molecule has 0 saturated carbocycles. The summed E-state index contributed by atoms with van der Waals surface area (Å²) in [5.74, 6) is 0.525. The van der Waals surface area contributed by atoms with E-state index in [1.165, 1.54) is 105 Å². The Morgan fingerprint density at radius 3 is 1.67 bits per heavy atom. The van der Waals surface area contributed by atoms with E-state index in [1.807, 2.05) is 0 Å². The van der Waals surface area contributed by atoms with Crippen molar-refractivity contribution in [1.29, 1.82) is 0 Å². The Morgan fingerprint density at radius 2 is 0.944 bits per heavy atom. The van der Waals surface area contributed by atoms with E-state index in [9.17, 15) is 0 Å². The summed E-state index contributed by atoms with van der Waals surface area (Å²) in [6, 6.07) is 99.8. The molecule has 0 heterocycles. The van der Waals surface area contributed by atoms with E-state index < -0.39 is 5.41 Å². The molecule has 0 aliphatic heterocycles. The molecular weight excluding hydrogens is 865 g/mol. The first-order valence-electron chi connectivity index (χ1n) is 25.4. The average molecular weight is 923 g/mol. The molecule has 0 spiro atoms. The number of allylic oxidation sites excluding steroid dienone is 1. The van der Waals surface area contributed by atoms with Crippen LogP contribution in [0.5, 0.6) is 0 Å². The van der Waals surface area contributed by atoms with Crippen LogP contribution in [0.3, 0.4) is 0 Å². The molecule has 0 fully saturated rings. The van der Waals surface area contributed by atoms with Gasteiger partial charge in [0, 0.05) is 11.3 Å². The van der Waals surface area contributed by atoms with Gasteiger partial charge in [-0.3, -0.25) is 0 Å². The third-order valence-electron chi connectivity index (χ3n) is 14.8. The minimum atomic E-state index is -0.428. The molecule has 72 heavy (non-hydrogen) atoms. The van der Waals surface area contributed by atoms with Crippen LogP contribution in [0.1, 0.15) is 69.3 Å². The van der Waals surface area contributed by atoms with Crippen molar-refractivity contribution < 1.29 is 0 Å². The second kappa shape index (κ2) is 20.8.